The first kappa shape index (κ1) is 14.1. The minimum Gasteiger partial charge on any atom is -0.357 e. The van der Waals surface area contributed by atoms with Gasteiger partial charge in [0, 0.05) is 31.4 Å². The number of aromatic nitrogens is 1. The normalized spacial score (nSPS) is 20.3. The van der Waals surface area contributed by atoms with Gasteiger partial charge in [-0.15, -0.1) is 0 Å². The summed E-state index contributed by atoms with van der Waals surface area (Å²) in [5.41, 5.74) is 0.843. The molecule has 0 bridgehead atoms. The van der Waals surface area contributed by atoms with Crippen LogP contribution in [0.3, 0.4) is 0 Å². The van der Waals surface area contributed by atoms with Crippen LogP contribution in [-0.4, -0.2) is 23.6 Å². The molecular formula is C15H25N3O. The summed E-state index contributed by atoms with van der Waals surface area (Å²) in [5, 5.41) is 6.46. The lowest BCUT2D eigenvalue weighted by Crippen LogP contribution is -2.47. The smallest absolute Gasteiger partial charge is 0.226 e. The van der Waals surface area contributed by atoms with Crippen molar-refractivity contribution in [3.8, 4) is 0 Å². The Morgan fingerprint density at radius 2 is 2.37 bits per heavy atom. The van der Waals surface area contributed by atoms with E-state index in [9.17, 15) is 4.79 Å². The molecule has 0 radical (unpaired) electrons. The van der Waals surface area contributed by atoms with Gasteiger partial charge in [0.05, 0.1) is 0 Å². The largest absolute Gasteiger partial charge is 0.357 e. The SMILES string of the molecule is Cn1ccc(CNC(=O)C(C)(C)C2CCCNC2)c1. The highest BCUT2D eigenvalue weighted by Crippen LogP contribution is 2.31. The number of carbonyl (C=O) groups excluding carboxylic acids is 1. The Morgan fingerprint density at radius 1 is 1.58 bits per heavy atom. The second-order valence-electron chi connectivity index (χ2n) is 6.13. The Balaban J connectivity index is 1.90. The van der Waals surface area contributed by atoms with Crippen LogP contribution in [0, 0.1) is 11.3 Å². The van der Waals surface area contributed by atoms with E-state index in [0.29, 0.717) is 12.5 Å². The van der Waals surface area contributed by atoms with Crippen LogP contribution >= 0.6 is 0 Å². The molecule has 19 heavy (non-hydrogen) atoms. The molecule has 1 aromatic rings. The molecule has 1 aromatic heterocycles. The Morgan fingerprint density at radius 3 is 2.95 bits per heavy atom. The first-order valence-corrected chi connectivity index (χ1v) is 7.10. The predicted molar refractivity (Wildman–Crippen MR) is 76.6 cm³/mol. The lowest BCUT2D eigenvalue weighted by atomic mass is 9.74. The quantitative estimate of drug-likeness (QED) is 0.868. The monoisotopic (exact) mass is 263 g/mol. The number of rotatable bonds is 4. The summed E-state index contributed by atoms with van der Waals surface area (Å²) in [7, 11) is 1.99. The van der Waals surface area contributed by atoms with E-state index in [4.69, 9.17) is 0 Å². The van der Waals surface area contributed by atoms with Crippen molar-refractivity contribution in [3.05, 3.63) is 24.0 Å². The molecule has 1 amide bonds. The van der Waals surface area contributed by atoms with Gasteiger partial charge in [0.25, 0.3) is 0 Å². The standard InChI is InChI=1S/C15H25N3O/c1-15(2,13-5-4-7-16-10-13)14(19)17-9-12-6-8-18(3)11-12/h6,8,11,13,16H,4-5,7,9-10H2,1-3H3,(H,17,19). The van der Waals surface area contributed by atoms with Gasteiger partial charge in [0.1, 0.15) is 0 Å². The van der Waals surface area contributed by atoms with Crippen molar-refractivity contribution in [1.82, 2.24) is 15.2 Å². The van der Waals surface area contributed by atoms with Crippen molar-refractivity contribution in [3.63, 3.8) is 0 Å². The maximum Gasteiger partial charge on any atom is 0.226 e. The van der Waals surface area contributed by atoms with Crippen LogP contribution in [0.5, 0.6) is 0 Å². The van der Waals surface area contributed by atoms with Crippen molar-refractivity contribution < 1.29 is 4.79 Å². The second-order valence-corrected chi connectivity index (χ2v) is 6.13. The molecule has 2 N–H and O–H groups in total. The van der Waals surface area contributed by atoms with Gasteiger partial charge >= 0.3 is 0 Å². The van der Waals surface area contributed by atoms with Crippen LogP contribution in [0.25, 0.3) is 0 Å². The molecule has 0 saturated carbocycles. The lowest BCUT2D eigenvalue weighted by molar-refractivity contribution is -0.132. The number of carbonyl (C=O) groups is 1. The zero-order valence-electron chi connectivity index (χ0n) is 12.2. The molecule has 1 aliphatic rings. The molecule has 1 fully saturated rings. The van der Waals surface area contributed by atoms with E-state index in [-0.39, 0.29) is 11.3 Å². The number of hydrogen-bond acceptors (Lipinski definition) is 2. The van der Waals surface area contributed by atoms with E-state index in [0.717, 1.165) is 25.1 Å². The molecule has 106 valence electrons. The van der Waals surface area contributed by atoms with E-state index in [1.54, 1.807) is 0 Å². The van der Waals surface area contributed by atoms with Crippen LogP contribution in [0.2, 0.25) is 0 Å². The number of amides is 1. The molecule has 4 heteroatoms. The molecule has 4 nitrogen and oxygen atoms in total. The third-order valence-corrected chi connectivity index (χ3v) is 4.25. The average molecular weight is 263 g/mol. The molecule has 1 aliphatic heterocycles. The first-order chi connectivity index (χ1) is 9.00. The van der Waals surface area contributed by atoms with Gasteiger partial charge < -0.3 is 15.2 Å². The van der Waals surface area contributed by atoms with Gasteiger partial charge in [-0.05, 0) is 43.5 Å². The Bertz CT molecular complexity index is 430. The van der Waals surface area contributed by atoms with E-state index in [1.165, 1.54) is 6.42 Å². The summed E-state index contributed by atoms with van der Waals surface area (Å²) < 4.78 is 2.00. The molecule has 0 aliphatic carbocycles. The Hall–Kier alpha value is -1.29. The number of nitrogens with one attached hydrogen (secondary N) is 2. The first-order valence-electron chi connectivity index (χ1n) is 7.10. The van der Waals surface area contributed by atoms with E-state index < -0.39 is 0 Å². The third kappa shape index (κ3) is 3.38. The molecule has 1 atom stereocenters. The minimum absolute atomic E-state index is 0.157. The zero-order chi connectivity index (χ0) is 13.9. The van der Waals surface area contributed by atoms with Crippen molar-refractivity contribution in [2.45, 2.75) is 33.2 Å². The number of nitrogens with zero attached hydrogens (tertiary/aromatic N) is 1. The van der Waals surface area contributed by atoms with E-state index in [2.05, 4.69) is 24.5 Å². The van der Waals surface area contributed by atoms with Crippen LogP contribution in [0.4, 0.5) is 0 Å². The van der Waals surface area contributed by atoms with Crippen molar-refractivity contribution >= 4 is 5.91 Å². The number of aryl methyl sites for hydroxylation is 1. The summed E-state index contributed by atoms with van der Waals surface area (Å²) in [6, 6.07) is 2.04. The summed E-state index contributed by atoms with van der Waals surface area (Å²) in [4.78, 5) is 12.4. The summed E-state index contributed by atoms with van der Waals surface area (Å²) in [6.45, 7) is 6.77. The Kier molecular flexibility index (Phi) is 4.30. The number of piperidine rings is 1. The van der Waals surface area contributed by atoms with Gasteiger partial charge in [-0.25, -0.2) is 0 Å². The summed E-state index contributed by atoms with van der Waals surface area (Å²) >= 11 is 0. The van der Waals surface area contributed by atoms with E-state index >= 15 is 0 Å². The van der Waals surface area contributed by atoms with Gasteiger partial charge in [0.15, 0.2) is 0 Å². The van der Waals surface area contributed by atoms with Crippen LogP contribution in [-0.2, 0) is 18.4 Å². The van der Waals surface area contributed by atoms with Crippen LogP contribution in [0.15, 0.2) is 18.5 Å². The van der Waals surface area contributed by atoms with Crippen LogP contribution in [0.1, 0.15) is 32.3 Å². The number of hydrogen-bond donors (Lipinski definition) is 2. The fourth-order valence-electron chi connectivity index (χ4n) is 2.73. The molecule has 0 spiro atoms. The molecule has 0 aromatic carbocycles. The average Bonchev–Trinajstić information content (AvgIpc) is 2.82. The van der Waals surface area contributed by atoms with Crippen molar-refractivity contribution in [2.24, 2.45) is 18.4 Å². The second kappa shape index (κ2) is 5.78. The molecule has 2 rings (SSSR count). The molecule has 1 unspecified atom stereocenters. The van der Waals surface area contributed by atoms with Gasteiger partial charge in [-0.1, -0.05) is 13.8 Å². The summed E-state index contributed by atoms with van der Waals surface area (Å²) in [6.07, 6.45) is 6.34. The maximum absolute atomic E-state index is 12.4. The highest BCUT2D eigenvalue weighted by molar-refractivity contribution is 5.82. The van der Waals surface area contributed by atoms with Crippen molar-refractivity contribution in [2.75, 3.05) is 13.1 Å². The molecule has 2 heterocycles. The van der Waals surface area contributed by atoms with Crippen molar-refractivity contribution in [1.29, 1.82) is 0 Å². The third-order valence-electron chi connectivity index (χ3n) is 4.25. The fourth-order valence-corrected chi connectivity index (χ4v) is 2.73. The minimum atomic E-state index is -0.303. The fraction of sp³-hybridized carbons (Fsp3) is 0.667. The highest BCUT2D eigenvalue weighted by atomic mass is 16.2. The van der Waals surface area contributed by atoms with Gasteiger partial charge in [0.2, 0.25) is 5.91 Å². The lowest BCUT2D eigenvalue weighted by Gasteiger charge is -2.36. The zero-order valence-corrected chi connectivity index (χ0v) is 12.2. The predicted octanol–water partition coefficient (Wildman–Crippen LogP) is 1.67. The molecular weight excluding hydrogens is 238 g/mol. The maximum atomic E-state index is 12.4. The van der Waals surface area contributed by atoms with Crippen LogP contribution < -0.4 is 10.6 Å². The van der Waals surface area contributed by atoms with Gasteiger partial charge in [-0.2, -0.15) is 0 Å². The Labute approximate surface area is 115 Å². The molecule has 1 saturated heterocycles. The van der Waals surface area contributed by atoms with E-state index in [1.807, 2.05) is 30.1 Å². The highest BCUT2D eigenvalue weighted by Gasteiger charge is 2.36. The van der Waals surface area contributed by atoms with Gasteiger partial charge in [-0.3, -0.25) is 4.79 Å². The summed E-state index contributed by atoms with van der Waals surface area (Å²) in [5.74, 6) is 0.585. The topological polar surface area (TPSA) is 46.1 Å².